The van der Waals surface area contributed by atoms with Crippen molar-refractivity contribution in [2.24, 2.45) is 0 Å². The average Bonchev–Trinajstić information content (AvgIpc) is 2.37. The summed E-state index contributed by atoms with van der Waals surface area (Å²) in [4.78, 5) is 11.4. The van der Waals surface area contributed by atoms with Crippen LogP contribution in [0.5, 0.6) is 5.75 Å². The van der Waals surface area contributed by atoms with E-state index >= 15 is 0 Å². The van der Waals surface area contributed by atoms with Crippen LogP contribution >= 0.6 is 0 Å². The Balaban J connectivity index is 2.38. The molecule has 100 valence electrons. The van der Waals surface area contributed by atoms with Crippen LogP contribution in [0.15, 0.2) is 24.3 Å². The third-order valence-electron chi connectivity index (χ3n) is 2.59. The summed E-state index contributed by atoms with van der Waals surface area (Å²) in [7, 11) is 1.85. The minimum atomic E-state index is -0.0970. The molecule has 1 rings (SSSR count). The highest BCUT2D eigenvalue weighted by Crippen LogP contribution is 2.19. The Morgan fingerprint density at radius 1 is 1.33 bits per heavy atom. The molecule has 0 aliphatic carbocycles. The zero-order chi connectivity index (χ0) is 13.4. The van der Waals surface area contributed by atoms with Crippen molar-refractivity contribution in [1.29, 1.82) is 0 Å². The van der Waals surface area contributed by atoms with E-state index in [-0.39, 0.29) is 12.5 Å². The van der Waals surface area contributed by atoms with Crippen LogP contribution < -0.4 is 15.4 Å². The van der Waals surface area contributed by atoms with Crippen molar-refractivity contribution >= 4 is 5.91 Å². The molecule has 0 atom stereocenters. The average molecular weight is 250 g/mol. The van der Waals surface area contributed by atoms with Crippen LogP contribution in [-0.4, -0.2) is 32.7 Å². The number of hydrogen-bond acceptors (Lipinski definition) is 3. The predicted molar refractivity (Wildman–Crippen MR) is 73.0 cm³/mol. The smallest absolute Gasteiger partial charge is 0.257 e. The van der Waals surface area contributed by atoms with Gasteiger partial charge in [-0.05, 0) is 30.7 Å². The lowest BCUT2D eigenvalue weighted by atomic mass is 10.0. The topological polar surface area (TPSA) is 50.4 Å². The molecular formula is C14H22N2O2. The normalized spacial score (nSPS) is 10.4. The molecule has 4 heteroatoms. The lowest BCUT2D eigenvalue weighted by molar-refractivity contribution is -0.123. The first-order valence-corrected chi connectivity index (χ1v) is 6.27. The number of benzene rings is 1. The Morgan fingerprint density at radius 3 is 2.78 bits per heavy atom. The van der Waals surface area contributed by atoms with Crippen molar-refractivity contribution in [2.45, 2.75) is 19.8 Å². The van der Waals surface area contributed by atoms with E-state index in [9.17, 15) is 4.79 Å². The molecule has 0 aromatic heterocycles. The third-order valence-corrected chi connectivity index (χ3v) is 2.59. The van der Waals surface area contributed by atoms with Gasteiger partial charge in [0.1, 0.15) is 5.75 Å². The second-order valence-electron chi connectivity index (χ2n) is 4.47. The first kappa shape index (κ1) is 14.5. The Bertz CT molecular complexity index is 378. The van der Waals surface area contributed by atoms with Gasteiger partial charge in [0.2, 0.25) is 0 Å². The Labute approximate surface area is 109 Å². The number of carbonyl (C=O) groups is 1. The molecule has 0 radical (unpaired) electrons. The van der Waals surface area contributed by atoms with Crippen molar-refractivity contribution in [3.05, 3.63) is 29.8 Å². The first-order valence-electron chi connectivity index (χ1n) is 6.27. The van der Waals surface area contributed by atoms with Crippen LogP contribution in [0.1, 0.15) is 25.3 Å². The van der Waals surface area contributed by atoms with E-state index in [0.29, 0.717) is 12.5 Å². The molecule has 0 saturated heterocycles. The van der Waals surface area contributed by atoms with Gasteiger partial charge in [-0.25, -0.2) is 0 Å². The third kappa shape index (κ3) is 5.19. The summed E-state index contributed by atoms with van der Waals surface area (Å²) < 4.78 is 5.46. The molecule has 0 heterocycles. The largest absolute Gasteiger partial charge is 0.484 e. The molecule has 0 saturated carbocycles. The molecule has 1 amide bonds. The van der Waals surface area contributed by atoms with Crippen molar-refractivity contribution in [3.8, 4) is 5.75 Å². The number of likely N-dealkylation sites (N-methyl/N-ethyl adjacent to an activating group) is 1. The fourth-order valence-corrected chi connectivity index (χ4v) is 1.49. The molecule has 1 aromatic carbocycles. The van der Waals surface area contributed by atoms with Crippen LogP contribution in [0.2, 0.25) is 0 Å². The molecule has 0 spiro atoms. The highest BCUT2D eigenvalue weighted by atomic mass is 16.5. The Kier molecular flexibility index (Phi) is 6.22. The molecule has 0 aliphatic rings. The van der Waals surface area contributed by atoms with Gasteiger partial charge in [-0.2, -0.15) is 0 Å². The molecule has 18 heavy (non-hydrogen) atoms. The number of carbonyl (C=O) groups excluding carboxylic acids is 1. The van der Waals surface area contributed by atoms with Gasteiger partial charge in [-0.3, -0.25) is 4.79 Å². The molecule has 4 nitrogen and oxygen atoms in total. The maximum atomic E-state index is 11.4. The Morgan fingerprint density at radius 2 is 2.11 bits per heavy atom. The quantitative estimate of drug-likeness (QED) is 0.721. The summed E-state index contributed by atoms with van der Waals surface area (Å²) in [6, 6.07) is 7.85. The molecular weight excluding hydrogens is 228 g/mol. The Hall–Kier alpha value is -1.55. The zero-order valence-electron chi connectivity index (χ0n) is 11.3. The van der Waals surface area contributed by atoms with E-state index in [2.05, 4.69) is 30.5 Å². The number of amides is 1. The predicted octanol–water partition coefficient (Wildman–Crippen LogP) is 1.52. The molecule has 0 bridgehead atoms. The molecule has 0 fully saturated rings. The van der Waals surface area contributed by atoms with Crippen LogP contribution in [0.25, 0.3) is 0 Å². The highest BCUT2D eigenvalue weighted by Gasteiger charge is 2.04. The second-order valence-corrected chi connectivity index (χ2v) is 4.47. The van der Waals surface area contributed by atoms with Gasteiger partial charge in [-0.1, -0.05) is 26.0 Å². The maximum absolute atomic E-state index is 11.4. The van der Waals surface area contributed by atoms with Crippen LogP contribution in [0, 0.1) is 0 Å². The van der Waals surface area contributed by atoms with Gasteiger partial charge < -0.3 is 15.4 Å². The van der Waals surface area contributed by atoms with Gasteiger partial charge in [0.15, 0.2) is 6.61 Å². The fourth-order valence-electron chi connectivity index (χ4n) is 1.49. The minimum absolute atomic E-state index is 0.0608. The van der Waals surface area contributed by atoms with Crippen LogP contribution in [0.4, 0.5) is 0 Å². The summed E-state index contributed by atoms with van der Waals surface area (Å²) in [5, 5.41) is 5.73. The summed E-state index contributed by atoms with van der Waals surface area (Å²) in [5.41, 5.74) is 1.21. The van der Waals surface area contributed by atoms with E-state index in [0.717, 1.165) is 12.3 Å². The number of rotatable bonds is 7. The van der Waals surface area contributed by atoms with Crippen LogP contribution in [-0.2, 0) is 4.79 Å². The zero-order valence-corrected chi connectivity index (χ0v) is 11.3. The van der Waals surface area contributed by atoms with Gasteiger partial charge in [0.05, 0.1) is 0 Å². The number of hydrogen-bond donors (Lipinski definition) is 2. The van der Waals surface area contributed by atoms with Gasteiger partial charge in [0, 0.05) is 13.1 Å². The van der Waals surface area contributed by atoms with Gasteiger partial charge in [-0.15, -0.1) is 0 Å². The lowest BCUT2D eigenvalue weighted by Gasteiger charge is -2.10. The van der Waals surface area contributed by atoms with Crippen molar-refractivity contribution in [2.75, 3.05) is 26.7 Å². The number of ether oxygens (including phenoxy) is 1. The van der Waals surface area contributed by atoms with Crippen LogP contribution in [0.3, 0.4) is 0 Å². The summed E-state index contributed by atoms with van der Waals surface area (Å²) >= 11 is 0. The van der Waals surface area contributed by atoms with Gasteiger partial charge >= 0.3 is 0 Å². The summed E-state index contributed by atoms with van der Waals surface area (Å²) in [6.07, 6.45) is 0. The van der Waals surface area contributed by atoms with Crippen molar-refractivity contribution in [1.82, 2.24) is 10.6 Å². The standard InChI is InChI=1S/C14H22N2O2/c1-11(2)12-5-4-6-13(9-12)18-10-14(17)16-8-7-15-3/h4-6,9,11,15H,7-8,10H2,1-3H3,(H,16,17). The lowest BCUT2D eigenvalue weighted by Crippen LogP contribution is -2.33. The second kappa shape index (κ2) is 7.71. The van der Waals surface area contributed by atoms with E-state index in [1.54, 1.807) is 0 Å². The first-order chi connectivity index (χ1) is 8.63. The summed E-state index contributed by atoms with van der Waals surface area (Å²) in [6.45, 7) is 5.69. The van der Waals surface area contributed by atoms with Gasteiger partial charge in [0.25, 0.3) is 5.91 Å². The number of nitrogens with one attached hydrogen (secondary N) is 2. The fraction of sp³-hybridized carbons (Fsp3) is 0.500. The molecule has 0 unspecified atom stereocenters. The maximum Gasteiger partial charge on any atom is 0.257 e. The molecule has 1 aromatic rings. The van der Waals surface area contributed by atoms with Crippen molar-refractivity contribution in [3.63, 3.8) is 0 Å². The highest BCUT2D eigenvalue weighted by molar-refractivity contribution is 5.77. The van der Waals surface area contributed by atoms with Crippen molar-refractivity contribution < 1.29 is 9.53 Å². The monoisotopic (exact) mass is 250 g/mol. The van der Waals surface area contributed by atoms with E-state index in [4.69, 9.17) is 4.74 Å². The SMILES string of the molecule is CNCCNC(=O)COc1cccc(C(C)C)c1. The molecule has 2 N–H and O–H groups in total. The van der Waals surface area contributed by atoms with E-state index < -0.39 is 0 Å². The van der Waals surface area contributed by atoms with E-state index in [1.807, 2.05) is 25.2 Å². The molecule has 0 aliphatic heterocycles. The minimum Gasteiger partial charge on any atom is -0.484 e. The van der Waals surface area contributed by atoms with E-state index in [1.165, 1.54) is 5.56 Å². The summed E-state index contributed by atoms with van der Waals surface area (Å²) in [5.74, 6) is 1.10.